The molecule has 0 bridgehead atoms. The fourth-order valence-electron chi connectivity index (χ4n) is 2.11. The van der Waals surface area contributed by atoms with E-state index in [1.54, 1.807) is 0 Å². The van der Waals surface area contributed by atoms with Gasteiger partial charge in [0.05, 0.1) is 0 Å². The highest BCUT2D eigenvalue weighted by Gasteiger charge is 2.35. The first-order valence-electron chi connectivity index (χ1n) is 5.05. The maximum absolute atomic E-state index is 6.02. The molecule has 76 valence electrons. The SMILES string of the molecule is ClCC1(Cc2cccc(Cl)c2)CCC1. The first kappa shape index (κ1) is 10.3. The van der Waals surface area contributed by atoms with Crippen molar-refractivity contribution in [1.29, 1.82) is 0 Å². The molecule has 0 N–H and O–H groups in total. The van der Waals surface area contributed by atoms with Gasteiger partial charge in [0.15, 0.2) is 0 Å². The quantitative estimate of drug-likeness (QED) is 0.678. The Morgan fingerprint density at radius 3 is 2.57 bits per heavy atom. The summed E-state index contributed by atoms with van der Waals surface area (Å²) >= 11 is 12.0. The van der Waals surface area contributed by atoms with E-state index in [1.807, 2.05) is 18.2 Å². The molecule has 1 aromatic carbocycles. The second kappa shape index (κ2) is 4.12. The summed E-state index contributed by atoms with van der Waals surface area (Å²) in [4.78, 5) is 0. The van der Waals surface area contributed by atoms with Gasteiger partial charge < -0.3 is 0 Å². The number of halogens is 2. The highest BCUT2D eigenvalue weighted by Crippen LogP contribution is 2.44. The first-order chi connectivity index (χ1) is 6.74. The largest absolute Gasteiger partial charge is 0.126 e. The maximum Gasteiger partial charge on any atom is 0.0408 e. The summed E-state index contributed by atoms with van der Waals surface area (Å²) in [5.41, 5.74) is 1.68. The summed E-state index contributed by atoms with van der Waals surface area (Å²) in [5.74, 6) is 0.777. The summed E-state index contributed by atoms with van der Waals surface area (Å²) in [6.45, 7) is 0. The highest BCUT2D eigenvalue weighted by molar-refractivity contribution is 6.30. The molecule has 0 heterocycles. The number of hydrogen-bond donors (Lipinski definition) is 0. The van der Waals surface area contributed by atoms with Crippen LogP contribution in [-0.2, 0) is 6.42 Å². The summed E-state index contributed by atoms with van der Waals surface area (Å²) in [7, 11) is 0. The third-order valence-electron chi connectivity index (χ3n) is 3.17. The molecule has 2 heteroatoms. The lowest BCUT2D eigenvalue weighted by molar-refractivity contribution is 0.166. The van der Waals surface area contributed by atoms with Crippen LogP contribution >= 0.6 is 23.2 Å². The van der Waals surface area contributed by atoms with Crippen LogP contribution in [0.3, 0.4) is 0 Å². The maximum atomic E-state index is 6.02. The van der Waals surface area contributed by atoms with E-state index in [2.05, 4.69) is 6.07 Å². The predicted octanol–water partition coefficient (Wildman–Crippen LogP) is 4.29. The average Bonchev–Trinajstić information content (AvgIpc) is 2.11. The zero-order chi connectivity index (χ0) is 10.0. The van der Waals surface area contributed by atoms with Crippen molar-refractivity contribution < 1.29 is 0 Å². The second-order valence-electron chi connectivity index (χ2n) is 4.29. The molecule has 0 nitrogen and oxygen atoms in total. The zero-order valence-electron chi connectivity index (χ0n) is 8.10. The Labute approximate surface area is 95.2 Å². The molecule has 0 saturated heterocycles. The van der Waals surface area contributed by atoms with E-state index in [4.69, 9.17) is 23.2 Å². The smallest absolute Gasteiger partial charge is 0.0408 e. The van der Waals surface area contributed by atoms with E-state index in [0.717, 1.165) is 17.3 Å². The Bertz CT molecular complexity index is 310. The minimum atomic E-state index is 0.367. The van der Waals surface area contributed by atoms with E-state index >= 15 is 0 Å². The van der Waals surface area contributed by atoms with Gasteiger partial charge in [0.1, 0.15) is 0 Å². The monoisotopic (exact) mass is 228 g/mol. The number of benzene rings is 1. The van der Waals surface area contributed by atoms with Crippen molar-refractivity contribution in [1.82, 2.24) is 0 Å². The molecule has 1 saturated carbocycles. The average molecular weight is 229 g/mol. The van der Waals surface area contributed by atoms with Crippen LogP contribution in [0.4, 0.5) is 0 Å². The molecule has 2 rings (SSSR count). The van der Waals surface area contributed by atoms with Crippen molar-refractivity contribution in [2.24, 2.45) is 5.41 Å². The topological polar surface area (TPSA) is 0 Å². The zero-order valence-corrected chi connectivity index (χ0v) is 9.61. The third kappa shape index (κ3) is 2.07. The van der Waals surface area contributed by atoms with Gasteiger partial charge in [-0.3, -0.25) is 0 Å². The molecular formula is C12H14Cl2. The van der Waals surface area contributed by atoms with E-state index < -0.39 is 0 Å². The van der Waals surface area contributed by atoms with Gasteiger partial charge in [-0.1, -0.05) is 30.2 Å². The van der Waals surface area contributed by atoms with Crippen LogP contribution in [0.25, 0.3) is 0 Å². The minimum absolute atomic E-state index is 0.367. The molecule has 1 fully saturated rings. The van der Waals surface area contributed by atoms with E-state index in [-0.39, 0.29) is 0 Å². The molecule has 0 aliphatic heterocycles. The summed E-state index contributed by atoms with van der Waals surface area (Å²) in [6, 6.07) is 8.12. The van der Waals surface area contributed by atoms with Gasteiger partial charge in [0.25, 0.3) is 0 Å². The van der Waals surface area contributed by atoms with Crippen molar-refractivity contribution in [3.63, 3.8) is 0 Å². The van der Waals surface area contributed by atoms with Gasteiger partial charge >= 0.3 is 0 Å². The minimum Gasteiger partial charge on any atom is -0.126 e. The molecule has 0 unspecified atom stereocenters. The number of alkyl halides is 1. The molecule has 1 aromatic rings. The summed E-state index contributed by atoms with van der Waals surface area (Å²) in [5, 5.41) is 0.826. The van der Waals surface area contributed by atoms with Gasteiger partial charge in [-0.25, -0.2) is 0 Å². The first-order valence-corrected chi connectivity index (χ1v) is 5.96. The van der Waals surface area contributed by atoms with Crippen molar-refractivity contribution in [2.45, 2.75) is 25.7 Å². The molecule has 0 atom stereocenters. The molecule has 1 aliphatic rings. The molecule has 0 aromatic heterocycles. The van der Waals surface area contributed by atoms with Crippen LogP contribution in [0.2, 0.25) is 5.02 Å². The van der Waals surface area contributed by atoms with E-state index in [0.29, 0.717) is 5.41 Å². The Hall–Kier alpha value is -0.200. The lowest BCUT2D eigenvalue weighted by Gasteiger charge is -2.40. The van der Waals surface area contributed by atoms with Gasteiger partial charge in [0, 0.05) is 10.9 Å². The van der Waals surface area contributed by atoms with Crippen LogP contribution < -0.4 is 0 Å². The third-order valence-corrected chi connectivity index (χ3v) is 3.97. The normalized spacial score (nSPS) is 19.0. The fraction of sp³-hybridized carbons (Fsp3) is 0.500. The summed E-state index contributed by atoms with van der Waals surface area (Å²) < 4.78 is 0. The van der Waals surface area contributed by atoms with Gasteiger partial charge in [-0.15, -0.1) is 11.6 Å². The fourth-order valence-corrected chi connectivity index (χ4v) is 2.69. The lowest BCUT2D eigenvalue weighted by atomic mass is 9.67. The Morgan fingerprint density at radius 1 is 1.29 bits per heavy atom. The van der Waals surface area contributed by atoms with Gasteiger partial charge in [-0.05, 0) is 42.4 Å². The highest BCUT2D eigenvalue weighted by atomic mass is 35.5. The molecule has 1 aliphatic carbocycles. The van der Waals surface area contributed by atoms with E-state index in [1.165, 1.54) is 24.8 Å². The van der Waals surface area contributed by atoms with Crippen molar-refractivity contribution >= 4 is 23.2 Å². The standard InChI is InChI=1S/C12H14Cl2/c13-9-12(5-2-6-12)8-10-3-1-4-11(14)7-10/h1,3-4,7H,2,5-6,8-9H2. The Kier molecular flexibility index (Phi) is 3.04. The van der Waals surface area contributed by atoms with Crippen LogP contribution in [0, 0.1) is 5.41 Å². The van der Waals surface area contributed by atoms with Gasteiger partial charge in [-0.2, -0.15) is 0 Å². The van der Waals surface area contributed by atoms with Crippen molar-refractivity contribution in [2.75, 3.05) is 5.88 Å². The molecule has 0 radical (unpaired) electrons. The molecular weight excluding hydrogens is 215 g/mol. The van der Waals surface area contributed by atoms with Gasteiger partial charge in [0.2, 0.25) is 0 Å². The molecule has 0 amide bonds. The van der Waals surface area contributed by atoms with E-state index in [9.17, 15) is 0 Å². The van der Waals surface area contributed by atoms with Crippen LogP contribution in [0.1, 0.15) is 24.8 Å². The predicted molar refractivity (Wildman–Crippen MR) is 62.2 cm³/mol. The Morgan fingerprint density at radius 2 is 2.07 bits per heavy atom. The van der Waals surface area contributed by atoms with Crippen LogP contribution in [-0.4, -0.2) is 5.88 Å². The molecule has 0 spiro atoms. The molecule has 14 heavy (non-hydrogen) atoms. The van der Waals surface area contributed by atoms with Crippen LogP contribution in [0.15, 0.2) is 24.3 Å². The lowest BCUT2D eigenvalue weighted by Crippen LogP contribution is -2.33. The number of rotatable bonds is 3. The van der Waals surface area contributed by atoms with Crippen LogP contribution in [0.5, 0.6) is 0 Å². The second-order valence-corrected chi connectivity index (χ2v) is 5.00. The summed E-state index contributed by atoms with van der Waals surface area (Å²) in [6.07, 6.45) is 4.94. The Balaban J connectivity index is 2.09. The van der Waals surface area contributed by atoms with Crippen molar-refractivity contribution in [3.8, 4) is 0 Å². The number of hydrogen-bond acceptors (Lipinski definition) is 0. The van der Waals surface area contributed by atoms with Crippen molar-refractivity contribution in [3.05, 3.63) is 34.9 Å².